The lowest BCUT2D eigenvalue weighted by molar-refractivity contribution is -0.132. The Hall–Kier alpha value is -0.280. The number of halogens is 1. The van der Waals surface area contributed by atoms with E-state index in [9.17, 15) is 4.79 Å². The van der Waals surface area contributed by atoms with E-state index >= 15 is 0 Å². The lowest BCUT2D eigenvalue weighted by atomic mass is 10.2. The highest BCUT2D eigenvalue weighted by Gasteiger charge is 2.28. The molecule has 0 aliphatic carbocycles. The number of carbonyl (C=O) groups is 1. The Morgan fingerprint density at radius 1 is 1.64 bits per heavy atom. The van der Waals surface area contributed by atoms with Crippen molar-refractivity contribution in [2.24, 2.45) is 0 Å². The molecule has 0 radical (unpaired) electrons. The van der Waals surface area contributed by atoms with E-state index < -0.39 is 0 Å². The van der Waals surface area contributed by atoms with Gasteiger partial charge in [0.1, 0.15) is 6.10 Å². The Bertz CT molecular complexity index is 199. The maximum absolute atomic E-state index is 11.6. The van der Waals surface area contributed by atoms with Crippen LogP contribution in [-0.4, -0.2) is 30.0 Å². The van der Waals surface area contributed by atoms with Crippen molar-refractivity contribution in [2.45, 2.75) is 51.4 Å². The van der Waals surface area contributed by atoms with Gasteiger partial charge in [0, 0.05) is 11.9 Å². The standard InChI is InChI=1S/C10H18ClNO2/c1-7(5-6-11)12-10(13)9-4-3-8(2)14-9/h7-9H,3-6H2,1-2H3,(H,12,13). The number of ether oxygens (including phenoxy) is 1. The van der Waals surface area contributed by atoms with Crippen LogP contribution in [0.5, 0.6) is 0 Å². The molecule has 1 aliphatic rings. The van der Waals surface area contributed by atoms with Crippen molar-refractivity contribution in [1.29, 1.82) is 0 Å². The highest BCUT2D eigenvalue weighted by molar-refractivity contribution is 6.17. The van der Waals surface area contributed by atoms with Gasteiger partial charge in [-0.15, -0.1) is 11.6 Å². The quantitative estimate of drug-likeness (QED) is 0.731. The average molecular weight is 220 g/mol. The van der Waals surface area contributed by atoms with Crippen molar-refractivity contribution in [3.8, 4) is 0 Å². The molecule has 14 heavy (non-hydrogen) atoms. The van der Waals surface area contributed by atoms with E-state index in [0.29, 0.717) is 5.88 Å². The fourth-order valence-corrected chi connectivity index (χ4v) is 1.89. The second kappa shape index (κ2) is 5.56. The fourth-order valence-electron chi connectivity index (χ4n) is 1.57. The highest BCUT2D eigenvalue weighted by atomic mass is 35.5. The number of hydrogen-bond acceptors (Lipinski definition) is 2. The van der Waals surface area contributed by atoms with Crippen LogP contribution < -0.4 is 5.32 Å². The predicted octanol–water partition coefficient (Wildman–Crippen LogP) is 1.69. The summed E-state index contributed by atoms with van der Waals surface area (Å²) in [6.07, 6.45) is 2.58. The summed E-state index contributed by atoms with van der Waals surface area (Å²) in [6, 6.07) is 0.138. The van der Waals surface area contributed by atoms with Gasteiger partial charge < -0.3 is 10.1 Å². The summed E-state index contributed by atoms with van der Waals surface area (Å²) in [4.78, 5) is 11.6. The van der Waals surface area contributed by atoms with Crippen molar-refractivity contribution < 1.29 is 9.53 Å². The summed E-state index contributed by atoms with van der Waals surface area (Å²) in [5.74, 6) is 0.579. The molecule has 0 saturated carbocycles. The van der Waals surface area contributed by atoms with E-state index in [1.165, 1.54) is 0 Å². The van der Waals surface area contributed by atoms with Gasteiger partial charge in [0.15, 0.2) is 0 Å². The number of carbonyl (C=O) groups excluding carboxylic acids is 1. The monoisotopic (exact) mass is 219 g/mol. The zero-order valence-electron chi connectivity index (χ0n) is 8.75. The average Bonchev–Trinajstić information content (AvgIpc) is 2.52. The fraction of sp³-hybridized carbons (Fsp3) is 0.900. The molecule has 1 amide bonds. The lowest BCUT2D eigenvalue weighted by Crippen LogP contribution is -2.40. The van der Waals surface area contributed by atoms with Crippen molar-refractivity contribution in [3.05, 3.63) is 0 Å². The molecule has 0 aromatic rings. The Morgan fingerprint density at radius 3 is 2.86 bits per heavy atom. The predicted molar refractivity (Wildman–Crippen MR) is 56.5 cm³/mol. The minimum Gasteiger partial charge on any atom is -0.365 e. The molecule has 1 heterocycles. The summed E-state index contributed by atoms with van der Waals surface area (Å²) in [7, 11) is 0. The molecule has 0 aromatic heterocycles. The number of hydrogen-bond donors (Lipinski definition) is 1. The van der Waals surface area contributed by atoms with Crippen LogP contribution in [0, 0.1) is 0 Å². The number of amides is 1. The molecule has 3 nitrogen and oxygen atoms in total. The summed E-state index contributed by atoms with van der Waals surface area (Å²) < 4.78 is 5.46. The number of nitrogens with one attached hydrogen (secondary N) is 1. The molecule has 0 bridgehead atoms. The SMILES string of the molecule is CC(CCCl)NC(=O)C1CCC(C)O1. The third-order valence-corrected chi connectivity index (χ3v) is 2.67. The molecule has 3 unspecified atom stereocenters. The molecule has 1 aliphatic heterocycles. The molecule has 1 fully saturated rings. The van der Waals surface area contributed by atoms with Gasteiger partial charge in [-0.05, 0) is 33.1 Å². The number of rotatable bonds is 4. The van der Waals surface area contributed by atoms with Crippen LogP contribution in [0.2, 0.25) is 0 Å². The van der Waals surface area contributed by atoms with E-state index in [-0.39, 0.29) is 24.2 Å². The first-order valence-corrected chi connectivity index (χ1v) is 5.68. The van der Waals surface area contributed by atoms with Gasteiger partial charge in [0.2, 0.25) is 5.91 Å². The summed E-state index contributed by atoms with van der Waals surface area (Å²) >= 11 is 5.58. The van der Waals surface area contributed by atoms with Crippen LogP contribution in [0.15, 0.2) is 0 Å². The Kier molecular flexibility index (Phi) is 4.69. The van der Waals surface area contributed by atoms with Crippen molar-refractivity contribution >= 4 is 17.5 Å². The molecule has 3 atom stereocenters. The van der Waals surface area contributed by atoms with Crippen molar-refractivity contribution in [1.82, 2.24) is 5.32 Å². The smallest absolute Gasteiger partial charge is 0.249 e. The lowest BCUT2D eigenvalue weighted by Gasteiger charge is -2.16. The maximum Gasteiger partial charge on any atom is 0.249 e. The van der Waals surface area contributed by atoms with Gasteiger partial charge >= 0.3 is 0 Å². The van der Waals surface area contributed by atoms with E-state index in [1.54, 1.807) is 0 Å². The van der Waals surface area contributed by atoms with Gasteiger partial charge in [0.25, 0.3) is 0 Å². The highest BCUT2D eigenvalue weighted by Crippen LogP contribution is 2.19. The maximum atomic E-state index is 11.6. The zero-order chi connectivity index (χ0) is 10.6. The molecule has 1 rings (SSSR count). The Morgan fingerprint density at radius 2 is 2.36 bits per heavy atom. The molecule has 82 valence electrons. The minimum absolute atomic E-state index is 0.00645. The van der Waals surface area contributed by atoms with Gasteiger partial charge in [0.05, 0.1) is 6.10 Å². The van der Waals surface area contributed by atoms with Crippen molar-refractivity contribution in [2.75, 3.05) is 5.88 Å². The van der Waals surface area contributed by atoms with Crippen LogP contribution >= 0.6 is 11.6 Å². The molecule has 0 aromatic carbocycles. The Labute approximate surface area is 90.1 Å². The first kappa shape index (κ1) is 11.8. The van der Waals surface area contributed by atoms with Crippen LogP contribution in [-0.2, 0) is 9.53 Å². The largest absolute Gasteiger partial charge is 0.365 e. The van der Waals surface area contributed by atoms with Crippen LogP contribution in [0.25, 0.3) is 0 Å². The van der Waals surface area contributed by atoms with Crippen LogP contribution in [0.1, 0.15) is 33.1 Å². The van der Waals surface area contributed by atoms with E-state index in [1.807, 2.05) is 13.8 Å². The van der Waals surface area contributed by atoms with Crippen LogP contribution in [0.3, 0.4) is 0 Å². The normalized spacial score (nSPS) is 28.8. The molecule has 4 heteroatoms. The Balaban J connectivity index is 2.27. The van der Waals surface area contributed by atoms with E-state index in [2.05, 4.69) is 5.32 Å². The number of alkyl halides is 1. The summed E-state index contributed by atoms with van der Waals surface area (Å²) in [6.45, 7) is 3.95. The molecular weight excluding hydrogens is 202 g/mol. The molecular formula is C10H18ClNO2. The van der Waals surface area contributed by atoms with E-state index in [4.69, 9.17) is 16.3 Å². The van der Waals surface area contributed by atoms with Crippen LogP contribution in [0.4, 0.5) is 0 Å². The second-order valence-electron chi connectivity index (χ2n) is 3.90. The first-order valence-electron chi connectivity index (χ1n) is 5.15. The summed E-state index contributed by atoms with van der Waals surface area (Å²) in [5, 5.41) is 2.89. The third-order valence-electron chi connectivity index (χ3n) is 2.46. The van der Waals surface area contributed by atoms with Gasteiger partial charge in [-0.3, -0.25) is 4.79 Å². The van der Waals surface area contributed by atoms with Crippen molar-refractivity contribution in [3.63, 3.8) is 0 Å². The molecule has 0 spiro atoms. The topological polar surface area (TPSA) is 38.3 Å². The van der Waals surface area contributed by atoms with Gasteiger partial charge in [-0.25, -0.2) is 0 Å². The zero-order valence-corrected chi connectivity index (χ0v) is 9.51. The van der Waals surface area contributed by atoms with E-state index in [0.717, 1.165) is 19.3 Å². The minimum atomic E-state index is -0.247. The van der Waals surface area contributed by atoms with Gasteiger partial charge in [-0.2, -0.15) is 0 Å². The molecule has 1 N–H and O–H groups in total. The first-order chi connectivity index (χ1) is 6.63. The third kappa shape index (κ3) is 3.46. The summed E-state index contributed by atoms with van der Waals surface area (Å²) in [5.41, 5.74) is 0. The van der Waals surface area contributed by atoms with Gasteiger partial charge in [-0.1, -0.05) is 0 Å². The second-order valence-corrected chi connectivity index (χ2v) is 4.28. The molecule has 1 saturated heterocycles.